The summed E-state index contributed by atoms with van der Waals surface area (Å²) in [5.41, 5.74) is 7.86. The molecule has 4 rings (SSSR count). The first-order valence-corrected chi connectivity index (χ1v) is 9.95. The molecule has 0 aliphatic rings. The van der Waals surface area contributed by atoms with Crippen molar-refractivity contribution in [1.82, 2.24) is 24.9 Å². The van der Waals surface area contributed by atoms with Gasteiger partial charge < -0.3 is 15.8 Å². The molecule has 12 heteroatoms. The van der Waals surface area contributed by atoms with Crippen LogP contribution in [0.5, 0.6) is 5.75 Å². The number of hydrogen-bond donors (Lipinski definition) is 2. The van der Waals surface area contributed by atoms with E-state index in [1.807, 2.05) is 0 Å². The number of carbonyl (C=O) groups excluding carboxylic acids is 1. The van der Waals surface area contributed by atoms with Crippen LogP contribution in [0, 0.1) is 12.7 Å². The first kappa shape index (κ1) is 23.0. The second-order valence-electron chi connectivity index (χ2n) is 7.35. The van der Waals surface area contributed by atoms with E-state index in [9.17, 15) is 22.4 Å². The van der Waals surface area contributed by atoms with Crippen LogP contribution >= 0.6 is 0 Å². The molecule has 0 aliphatic carbocycles. The van der Waals surface area contributed by atoms with E-state index in [0.717, 1.165) is 6.07 Å². The minimum Gasteiger partial charge on any atom is -0.484 e. The Morgan fingerprint density at radius 2 is 2.00 bits per heavy atom. The number of aryl methyl sites for hydroxylation is 1. The van der Waals surface area contributed by atoms with E-state index in [-0.39, 0.29) is 29.4 Å². The zero-order valence-electron chi connectivity index (χ0n) is 17.7. The van der Waals surface area contributed by atoms with Crippen molar-refractivity contribution in [2.45, 2.75) is 19.6 Å². The Hall–Kier alpha value is -4.22. The molecule has 1 aromatic carbocycles. The summed E-state index contributed by atoms with van der Waals surface area (Å²) >= 11 is 0. The number of amides is 1. The average molecular weight is 474 g/mol. The Bertz CT molecular complexity index is 1370. The van der Waals surface area contributed by atoms with Gasteiger partial charge in [-0.1, -0.05) is 6.07 Å². The number of hydrogen-bond acceptors (Lipinski definition) is 6. The van der Waals surface area contributed by atoms with Crippen LogP contribution in [0.4, 0.5) is 23.5 Å². The van der Waals surface area contributed by atoms with Crippen LogP contribution in [-0.2, 0) is 6.54 Å². The Balaban J connectivity index is 1.55. The van der Waals surface area contributed by atoms with Gasteiger partial charge in [0.15, 0.2) is 12.3 Å². The molecule has 1 amide bonds. The highest BCUT2D eigenvalue weighted by atomic mass is 19.4. The van der Waals surface area contributed by atoms with E-state index in [1.54, 1.807) is 37.5 Å². The molecular weight excluding hydrogens is 456 g/mol. The highest BCUT2D eigenvalue weighted by Gasteiger charge is 2.29. The number of nitrogens with two attached hydrogens (primary N) is 1. The second kappa shape index (κ2) is 8.96. The maximum atomic E-state index is 14.3. The topological polar surface area (TPSA) is 107 Å². The van der Waals surface area contributed by atoms with E-state index in [4.69, 9.17) is 10.5 Å². The molecule has 0 fully saturated rings. The molecule has 3 N–H and O–H groups in total. The predicted molar refractivity (Wildman–Crippen MR) is 114 cm³/mol. The predicted octanol–water partition coefficient (Wildman–Crippen LogP) is 3.69. The van der Waals surface area contributed by atoms with Crippen LogP contribution in [0.3, 0.4) is 0 Å². The van der Waals surface area contributed by atoms with Crippen molar-refractivity contribution in [2.75, 3.05) is 12.3 Å². The number of anilines is 1. The molecule has 8 nitrogen and oxygen atoms in total. The molecule has 0 spiro atoms. The van der Waals surface area contributed by atoms with Gasteiger partial charge >= 0.3 is 6.18 Å². The molecule has 34 heavy (non-hydrogen) atoms. The van der Waals surface area contributed by atoms with Crippen LogP contribution in [0.25, 0.3) is 16.8 Å². The van der Waals surface area contributed by atoms with Gasteiger partial charge in [0.05, 0.1) is 11.3 Å². The summed E-state index contributed by atoms with van der Waals surface area (Å²) in [5, 5.41) is 6.52. The molecule has 3 aromatic heterocycles. The highest BCUT2D eigenvalue weighted by Crippen LogP contribution is 2.25. The maximum absolute atomic E-state index is 14.3. The number of ether oxygens (including phenoxy) is 1. The van der Waals surface area contributed by atoms with Gasteiger partial charge in [0, 0.05) is 30.1 Å². The molecule has 0 unspecified atom stereocenters. The lowest BCUT2D eigenvalue weighted by atomic mass is 10.0. The fourth-order valence-corrected chi connectivity index (χ4v) is 3.27. The van der Waals surface area contributed by atoms with Gasteiger partial charge in [-0.25, -0.2) is 8.91 Å². The first-order chi connectivity index (χ1) is 16.1. The molecule has 0 atom stereocenters. The largest absolute Gasteiger partial charge is 0.484 e. The second-order valence-corrected chi connectivity index (χ2v) is 7.35. The third-order valence-corrected chi connectivity index (χ3v) is 4.91. The number of nitrogens with zero attached hydrogens (tertiary/aromatic N) is 4. The van der Waals surface area contributed by atoms with Crippen molar-refractivity contribution in [1.29, 1.82) is 0 Å². The van der Waals surface area contributed by atoms with Gasteiger partial charge in [0.1, 0.15) is 11.6 Å². The zero-order valence-corrected chi connectivity index (χ0v) is 17.7. The molecule has 0 saturated carbocycles. The lowest BCUT2D eigenvalue weighted by Gasteiger charge is -2.15. The smallest absolute Gasteiger partial charge is 0.422 e. The van der Waals surface area contributed by atoms with E-state index in [0.29, 0.717) is 22.5 Å². The number of pyridine rings is 2. The van der Waals surface area contributed by atoms with Crippen molar-refractivity contribution in [2.24, 2.45) is 0 Å². The van der Waals surface area contributed by atoms with Crippen LogP contribution in [0.15, 0.2) is 48.8 Å². The van der Waals surface area contributed by atoms with E-state index < -0.39 is 24.5 Å². The number of benzene rings is 1. The number of carbonyl (C=O) groups is 1. The molecule has 0 aliphatic heterocycles. The fourth-order valence-electron chi connectivity index (χ4n) is 3.27. The molecule has 176 valence electrons. The monoisotopic (exact) mass is 474 g/mol. The highest BCUT2D eigenvalue weighted by molar-refractivity contribution is 5.96. The van der Waals surface area contributed by atoms with Crippen molar-refractivity contribution < 1.29 is 27.1 Å². The number of aromatic nitrogens is 4. The molecule has 4 aromatic rings. The van der Waals surface area contributed by atoms with Crippen LogP contribution in [-0.4, -0.2) is 38.3 Å². The number of nitrogen functional groups attached to an aromatic ring is 1. The fraction of sp³-hybridized carbons (Fsp3) is 0.182. The number of halogens is 4. The first-order valence-electron chi connectivity index (χ1n) is 9.95. The van der Waals surface area contributed by atoms with Gasteiger partial charge in [-0.3, -0.25) is 9.78 Å². The van der Waals surface area contributed by atoms with Crippen molar-refractivity contribution in [3.63, 3.8) is 0 Å². The molecule has 0 bridgehead atoms. The summed E-state index contributed by atoms with van der Waals surface area (Å²) in [6, 6.07) is 8.58. The van der Waals surface area contributed by atoms with Crippen LogP contribution in [0.2, 0.25) is 0 Å². The average Bonchev–Trinajstić information content (AvgIpc) is 3.15. The number of rotatable bonds is 6. The quantitative estimate of drug-likeness (QED) is 0.413. The van der Waals surface area contributed by atoms with E-state index in [2.05, 4.69) is 20.4 Å². The molecular formula is C22H18F4N6O2. The summed E-state index contributed by atoms with van der Waals surface area (Å²) in [7, 11) is 0. The summed E-state index contributed by atoms with van der Waals surface area (Å²) in [4.78, 5) is 21.2. The lowest BCUT2D eigenvalue weighted by molar-refractivity contribution is -0.153. The number of alkyl halides is 3. The van der Waals surface area contributed by atoms with Gasteiger partial charge in [-0.05, 0) is 42.8 Å². The number of fused-ring (bicyclic) bond motifs is 1. The lowest BCUT2D eigenvalue weighted by Crippen LogP contribution is -2.25. The van der Waals surface area contributed by atoms with E-state index >= 15 is 0 Å². The Labute approximate surface area is 190 Å². The third-order valence-electron chi connectivity index (χ3n) is 4.91. The SMILES string of the molecule is Cc1ncc(-c2ccn3nc(N)nc3c2)cc1C(=O)NCc1c(F)cccc1OCC(F)(F)F. The third kappa shape index (κ3) is 5.05. The van der Waals surface area contributed by atoms with E-state index in [1.165, 1.54) is 16.6 Å². The van der Waals surface area contributed by atoms with Crippen molar-refractivity contribution >= 4 is 17.5 Å². The molecule has 0 radical (unpaired) electrons. The molecule has 0 saturated heterocycles. The minimum atomic E-state index is -4.59. The maximum Gasteiger partial charge on any atom is 0.422 e. The summed E-state index contributed by atoms with van der Waals surface area (Å²) in [6.45, 7) is -0.333. The summed E-state index contributed by atoms with van der Waals surface area (Å²) in [5.74, 6) is -1.57. The van der Waals surface area contributed by atoms with Gasteiger partial charge in [0.2, 0.25) is 5.95 Å². The number of nitrogens with one attached hydrogen (secondary N) is 1. The van der Waals surface area contributed by atoms with Crippen molar-refractivity contribution in [3.05, 3.63) is 71.4 Å². The minimum absolute atomic E-state index is 0.117. The summed E-state index contributed by atoms with van der Waals surface area (Å²) < 4.78 is 58.0. The van der Waals surface area contributed by atoms with Gasteiger partial charge in [-0.15, -0.1) is 5.10 Å². The summed E-state index contributed by atoms with van der Waals surface area (Å²) in [6.07, 6.45) is -1.34. The van der Waals surface area contributed by atoms with Crippen LogP contribution in [0.1, 0.15) is 21.6 Å². The van der Waals surface area contributed by atoms with Crippen LogP contribution < -0.4 is 15.8 Å². The molecule has 3 heterocycles. The standard InChI is InChI=1S/C22H18F4N6O2/c1-12-15(7-14(9-28-12)13-5-6-32-19(8-13)30-21(27)31-32)20(33)29-10-16-17(23)3-2-4-18(16)34-11-22(24,25)26/h2-9H,10-11H2,1H3,(H2,27,31)(H,29,33). The van der Waals surface area contributed by atoms with Crippen molar-refractivity contribution in [3.8, 4) is 16.9 Å². The Kier molecular flexibility index (Phi) is 6.05. The van der Waals surface area contributed by atoms with Gasteiger partial charge in [0.25, 0.3) is 5.91 Å². The zero-order chi connectivity index (χ0) is 24.5. The van der Waals surface area contributed by atoms with Gasteiger partial charge in [-0.2, -0.15) is 18.2 Å². The Morgan fingerprint density at radius 1 is 1.21 bits per heavy atom. The Morgan fingerprint density at radius 3 is 2.76 bits per heavy atom. The normalized spacial score (nSPS) is 11.6.